The van der Waals surface area contributed by atoms with Gasteiger partial charge in [0, 0.05) is 56.2 Å². The third kappa shape index (κ3) is 5.52. The molecule has 1 amide bonds. The molecule has 1 aromatic heterocycles. The molecule has 0 spiro atoms. The number of fused-ring (bicyclic) bond motifs is 1. The second-order valence-corrected chi connectivity index (χ2v) is 9.15. The molecule has 0 atom stereocenters. The van der Waals surface area contributed by atoms with Crippen LogP contribution in [0.3, 0.4) is 0 Å². The number of carbonyl (C=O) groups is 1. The Morgan fingerprint density at radius 3 is 2.44 bits per heavy atom. The van der Waals surface area contributed by atoms with E-state index in [1.807, 2.05) is 31.5 Å². The highest BCUT2D eigenvalue weighted by atomic mass is 19.4. The average Bonchev–Trinajstić information content (AvgIpc) is 3.15. The summed E-state index contributed by atoms with van der Waals surface area (Å²) < 4.78 is 46.6. The summed E-state index contributed by atoms with van der Waals surface area (Å²) >= 11 is 0. The summed E-state index contributed by atoms with van der Waals surface area (Å²) in [6.45, 7) is 6.76. The van der Waals surface area contributed by atoms with Gasteiger partial charge >= 0.3 is 6.36 Å². The van der Waals surface area contributed by atoms with E-state index >= 15 is 0 Å². The standard InChI is InChI=1S/C27H26F3N3O3/c1-18-10-21(22-11-20(13-31-14-22)15-32-6-8-35-9-7-32)12-23-17-33(26(34)25(18)23)16-19-2-4-24(5-3-19)36-27(28,29)30/h2-5,10-14H,6-9,15-17H2,1H3. The van der Waals surface area contributed by atoms with Crippen LogP contribution in [0.2, 0.25) is 0 Å². The lowest BCUT2D eigenvalue weighted by Crippen LogP contribution is -2.35. The zero-order valence-corrected chi connectivity index (χ0v) is 19.8. The Bertz CT molecular complexity index is 1260. The van der Waals surface area contributed by atoms with Crippen molar-refractivity contribution in [1.82, 2.24) is 14.8 Å². The number of benzene rings is 2. The Morgan fingerprint density at radius 1 is 0.972 bits per heavy atom. The van der Waals surface area contributed by atoms with Gasteiger partial charge in [0.15, 0.2) is 0 Å². The third-order valence-corrected chi connectivity index (χ3v) is 6.45. The largest absolute Gasteiger partial charge is 0.573 e. The van der Waals surface area contributed by atoms with Crippen molar-refractivity contribution in [3.63, 3.8) is 0 Å². The number of ether oxygens (including phenoxy) is 2. The molecule has 0 aliphatic carbocycles. The Hall–Kier alpha value is -3.43. The third-order valence-electron chi connectivity index (χ3n) is 6.45. The highest BCUT2D eigenvalue weighted by Gasteiger charge is 2.32. The van der Waals surface area contributed by atoms with Crippen LogP contribution in [0.25, 0.3) is 11.1 Å². The minimum absolute atomic E-state index is 0.0798. The van der Waals surface area contributed by atoms with E-state index < -0.39 is 6.36 Å². The van der Waals surface area contributed by atoms with Gasteiger partial charge in [-0.25, -0.2) is 0 Å². The summed E-state index contributed by atoms with van der Waals surface area (Å²) in [4.78, 5) is 21.6. The fourth-order valence-corrected chi connectivity index (χ4v) is 4.79. The topological polar surface area (TPSA) is 54.9 Å². The maximum absolute atomic E-state index is 13.1. The predicted octanol–water partition coefficient (Wildman–Crippen LogP) is 4.94. The summed E-state index contributed by atoms with van der Waals surface area (Å²) in [7, 11) is 0. The first-order valence-electron chi connectivity index (χ1n) is 11.8. The smallest absolute Gasteiger partial charge is 0.406 e. The number of amides is 1. The van der Waals surface area contributed by atoms with Crippen LogP contribution in [0.4, 0.5) is 13.2 Å². The predicted molar refractivity (Wildman–Crippen MR) is 127 cm³/mol. The van der Waals surface area contributed by atoms with Gasteiger partial charge in [0.05, 0.1) is 13.2 Å². The van der Waals surface area contributed by atoms with E-state index in [1.54, 1.807) is 17.0 Å². The minimum atomic E-state index is -4.74. The number of alkyl halides is 3. The molecule has 0 unspecified atom stereocenters. The van der Waals surface area contributed by atoms with Crippen LogP contribution in [0.1, 0.15) is 32.6 Å². The number of rotatable bonds is 6. The van der Waals surface area contributed by atoms with Gasteiger partial charge < -0.3 is 14.4 Å². The second-order valence-electron chi connectivity index (χ2n) is 9.15. The molecule has 1 saturated heterocycles. The molecule has 3 heterocycles. The molecular weight excluding hydrogens is 471 g/mol. The van der Waals surface area contributed by atoms with Crippen molar-refractivity contribution < 1.29 is 27.4 Å². The molecule has 0 radical (unpaired) electrons. The van der Waals surface area contributed by atoms with Gasteiger partial charge in [0.25, 0.3) is 5.91 Å². The Labute approximate surface area is 207 Å². The number of halogens is 3. The summed E-state index contributed by atoms with van der Waals surface area (Å²) in [5.74, 6) is -0.365. The number of pyridine rings is 1. The maximum atomic E-state index is 13.1. The van der Waals surface area contributed by atoms with Crippen molar-refractivity contribution >= 4 is 5.91 Å². The van der Waals surface area contributed by atoms with E-state index in [2.05, 4.69) is 20.7 Å². The molecule has 2 aromatic carbocycles. The van der Waals surface area contributed by atoms with Crippen LogP contribution in [0.15, 0.2) is 54.9 Å². The zero-order chi connectivity index (χ0) is 25.3. The van der Waals surface area contributed by atoms with Crippen LogP contribution in [0.5, 0.6) is 5.75 Å². The summed E-state index contributed by atoms with van der Waals surface area (Å²) in [5.41, 5.74) is 6.37. The van der Waals surface area contributed by atoms with Crippen molar-refractivity contribution in [2.45, 2.75) is 32.9 Å². The number of nitrogens with zero attached hydrogens (tertiary/aromatic N) is 3. The van der Waals surface area contributed by atoms with Crippen LogP contribution in [-0.2, 0) is 24.4 Å². The van der Waals surface area contributed by atoms with Gasteiger partial charge in [-0.1, -0.05) is 18.2 Å². The van der Waals surface area contributed by atoms with Crippen molar-refractivity contribution in [1.29, 1.82) is 0 Å². The van der Waals surface area contributed by atoms with Crippen LogP contribution in [0, 0.1) is 6.92 Å². The Morgan fingerprint density at radius 2 is 1.72 bits per heavy atom. The number of hydrogen-bond acceptors (Lipinski definition) is 5. The Kier molecular flexibility index (Phi) is 6.68. The summed E-state index contributed by atoms with van der Waals surface area (Å²) in [5, 5.41) is 0. The fourth-order valence-electron chi connectivity index (χ4n) is 4.79. The van der Waals surface area contributed by atoms with Crippen molar-refractivity contribution in [2.24, 2.45) is 0 Å². The molecule has 0 saturated carbocycles. The van der Waals surface area contributed by atoms with Crippen molar-refractivity contribution in [3.8, 4) is 16.9 Å². The van der Waals surface area contributed by atoms with Gasteiger partial charge in [0.2, 0.25) is 0 Å². The molecule has 9 heteroatoms. The first-order valence-corrected chi connectivity index (χ1v) is 11.8. The quantitative estimate of drug-likeness (QED) is 0.483. The Balaban J connectivity index is 1.31. The minimum Gasteiger partial charge on any atom is -0.406 e. The lowest BCUT2D eigenvalue weighted by Gasteiger charge is -2.26. The van der Waals surface area contributed by atoms with E-state index in [1.165, 1.54) is 12.1 Å². The van der Waals surface area contributed by atoms with Crippen molar-refractivity contribution in [3.05, 3.63) is 82.7 Å². The van der Waals surface area contributed by atoms with Crippen LogP contribution >= 0.6 is 0 Å². The molecule has 3 aromatic rings. The molecule has 0 N–H and O–H groups in total. The molecule has 0 bridgehead atoms. The number of aromatic nitrogens is 1. The van der Waals surface area contributed by atoms with E-state index in [4.69, 9.17) is 4.74 Å². The van der Waals surface area contributed by atoms with Crippen LogP contribution in [-0.4, -0.2) is 53.4 Å². The average molecular weight is 498 g/mol. The molecule has 6 nitrogen and oxygen atoms in total. The molecule has 2 aliphatic heterocycles. The van der Waals surface area contributed by atoms with Gasteiger partial charge in [0.1, 0.15) is 5.75 Å². The number of aryl methyl sites for hydroxylation is 1. The fraction of sp³-hybridized carbons (Fsp3) is 0.333. The monoisotopic (exact) mass is 497 g/mol. The molecule has 36 heavy (non-hydrogen) atoms. The molecule has 2 aliphatic rings. The van der Waals surface area contributed by atoms with E-state index in [0.29, 0.717) is 18.7 Å². The molecule has 1 fully saturated rings. The van der Waals surface area contributed by atoms with Gasteiger partial charge in [-0.15, -0.1) is 13.2 Å². The van der Waals surface area contributed by atoms with Gasteiger partial charge in [-0.05, 0) is 59.0 Å². The number of hydrogen-bond donors (Lipinski definition) is 0. The summed E-state index contributed by atoms with van der Waals surface area (Å²) in [6.07, 6.45) is -1.01. The van der Waals surface area contributed by atoms with E-state index in [0.717, 1.165) is 66.2 Å². The van der Waals surface area contributed by atoms with E-state index in [9.17, 15) is 18.0 Å². The lowest BCUT2D eigenvalue weighted by atomic mass is 9.96. The maximum Gasteiger partial charge on any atom is 0.573 e. The van der Waals surface area contributed by atoms with Gasteiger partial charge in [-0.3, -0.25) is 14.7 Å². The highest BCUT2D eigenvalue weighted by molar-refractivity contribution is 6.00. The normalized spacial score (nSPS) is 16.3. The first kappa shape index (κ1) is 24.3. The van der Waals surface area contributed by atoms with Crippen molar-refractivity contribution in [2.75, 3.05) is 26.3 Å². The number of morpholine rings is 1. The lowest BCUT2D eigenvalue weighted by molar-refractivity contribution is -0.274. The SMILES string of the molecule is Cc1cc(-c2cncc(CN3CCOCC3)c2)cc2c1C(=O)N(Cc1ccc(OC(F)(F)F)cc1)C2. The van der Waals surface area contributed by atoms with Crippen LogP contribution < -0.4 is 4.74 Å². The first-order chi connectivity index (χ1) is 17.2. The number of carbonyl (C=O) groups excluding carboxylic acids is 1. The molecule has 5 rings (SSSR count). The molecular formula is C27H26F3N3O3. The highest BCUT2D eigenvalue weighted by Crippen LogP contribution is 2.33. The van der Waals surface area contributed by atoms with Gasteiger partial charge in [-0.2, -0.15) is 0 Å². The molecule has 188 valence electrons. The summed E-state index contributed by atoms with van der Waals surface area (Å²) in [6, 6.07) is 11.8. The van der Waals surface area contributed by atoms with E-state index in [-0.39, 0.29) is 11.7 Å². The second kappa shape index (κ2) is 9.91. The zero-order valence-electron chi connectivity index (χ0n) is 19.8.